The molecule has 1 aromatic rings. The van der Waals surface area contributed by atoms with E-state index in [1.807, 2.05) is 13.0 Å². The molecular formula is C15H21NO3. The molecule has 104 valence electrons. The lowest BCUT2D eigenvalue weighted by molar-refractivity contribution is -0.147. The lowest BCUT2D eigenvalue weighted by atomic mass is 9.94. The highest BCUT2D eigenvalue weighted by Gasteiger charge is 2.40. The van der Waals surface area contributed by atoms with Crippen molar-refractivity contribution in [2.75, 3.05) is 19.7 Å². The third-order valence-corrected chi connectivity index (χ3v) is 4.29. The molecule has 4 heteroatoms. The van der Waals surface area contributed by atoms with Crippen LogP contribution in [0.2, 0.25) is 0 Å². The first kappa shape index (κ1) is 12.7. The van der Waals surface area contributed by atoms with E-state index in [1.54, 1.807) is 0 Å². The highest BCUT2D eigenvalue weighted by atomic mass is 16.5. The summed E-state index contributed by atoms with van der Waals surface area (Å²) in [5, 5.41) is 3.26. The summed E-state index contributed by atoms with van der Waals surface area (Å²) in [6, 6.07) is 4.11. The molecule has 3 rings (SSSR count). The number of rotatable bonds is 4. The molecule has 0 amide bonds. The van der Waals surface area contributed by atoms with Gasteiger partial charge in [-0.05, 0) is 31.4 Å². The molecule has 1 aliphatic carbocycles. The molecule has 4 unspecified atom stereocenters. The Balaban J connectivity index is 1.73. The second kappa shape index (κ2) is 5.00. The molecule has 1 aromatic heterocycles. The smallest absolute Gasteiger partial charge is 0.311 e. The number of carbonyl (C=O) groups excluding carboxylic acids is 1. The molecule has 1 saturated carbocycles. The van der Waals surface area contributed by atoms with Gasteiger partial charge in [0.15, 0.2) is 0 Å². The molecule has 1 aliphatic heterocycles. The molecule has 19 heavy (non-hydrogen) atoms. The van der Waals surface area contributed by atoms with Crippen molar-refractivity contribution < 1.29 is 13.9 Å². The van der Waals surface area contributed by atoms with Crippen LogP contribution < -0.4 is 5.32 Å². The quantitative estimate of drug-likeness (QED) is 0.847. The zero-order valence-electron chi connectivity index (χ0n) is 11.5. The van der Waals surface area contributed by atoms with E-state index in [2.05, 4.69) is 18.3 Å². The minimum absolute atomic E-state index is 0.113. The standard InChI is InChI=1S/C15H21NO3/c1-3-18-15(17)12-8-16-7-11(12)14-5-4-13(19-14)10-6-9(10)2/h4-5,9-12,16H,3,6-8H2,1-2H3. The minimum Gasteiger partial charge on any atom is -0.466 e. The van der Waals surface area contributed by atoms with Crippen LogP contribution in [0.15, 0.2) is 16.5 Å². The zero-order valence-corrected chi connectivity index (χ0v) is 11.5. The van der Waals surface area contributed by atoms with Gasteiger partial charge in [-0.15, -0.1) is 0 Å². The number of furan rings is 1. The van der Waals surface area contributed by atoms with E-state index in [4.69, 9.17) is 9.15 Å². The highest BCUT2D eigenvalue weighted by Crippen LogP contribution is 2.48. The van der Waals surface area contributed by atoms with E-state index in [0.717, 1.165) is 24.0 Å². The van der Waals surface area contributed by atoms with Gasteiger partial charge in [0.05, 0.1) is 12.5 Å². The van der Waals surface area contributed by atoms with Crippen LogP contribution in [0.5, 0.6) is 0 Å². The number of ether oxygens (including phenoxy) is 1. The summed E-state index contributed by atoms with van der Waals surface area (Å²) in [6.07, 6.45) is 1.22. The first-order valence-electron chi connectivity index (χ1n) is 7.17. The van der Waals surface area contributed by atoms with Crippen LogP contribution in [0, 0.1) is 11.8 Å². The van der Waals surface area contributed by atoms with E-state index in [1.165, 1.54) is 6.42 Å². The van der Waals surface area contributed by atoms with E-state index >= 15 is 0 Å². The average Bonchev–Trinajstić information content (AvgIpc) is 2.89. The maximum atomic E-state index is 11.9. The first-order valence-corrected chi connectivity index (χ1v) is 7.17. The fourth-order valence-corrected chi connectivity index (χ4v) is 2.96. The molecule has 4 nitrogen and oxygen atoms in total. The average molecular weight is 263 g/mol. The second-order valence-corrected chi connectivity index (χ2v) is 5.68. The molecule has 2 heterocycles. The van der Waals surface area contributed by atoms with Gasteiger partial charge < -0.3 is 14.5 Å². The van der Waals surface area contributed by atoms with Crippen LogP contribution in [0.3, 0.4) is 0 Å². The lowest BCUT2D eigenvalue weighted by Gasteiger charge is -2.14. The van der Waals surface area contributed by atoms with Gasteiger partial charge in [0.25, 0.3) is 0 Å². The molecule has 4 atom stereocenters. The molecule has 0 spiro atoms. The van der Waals surface area contributed by atoms with Crippen LogP contribution in [-0.2, 0) is 9.53 Å². The second-order valence-electron chi connectivity index (χ2n) is 5.68. The fraction of sp³-hybridized carbons (Fsp3) is 0.667. The number of carbonyl (C=O) groups is 1. The molecule has 2 aliphatic rings. The Morgan fingerprint density at radius 1 is 1.37 bits per heavy atom. The topological polar surface area (TPSA) is 51.5 Å². The van der Waals surface area contributed by atoms with E-state index < -0.39 is 0 Å². The van der Waals surface area contributed by atoms with Crippen LogP contribution in [-0.4, -0.2) is 25.7 Å². The fourth-order valence-electron chi connectivity index (χ4n) is 2.96. The van der Waals surface area contributed by atoms with Gasteiger partial charge in [-0.2, -0.15) is 0 Å². The molecule has 0 radical (unpaired) electrons. The molecule has 0 aromatic carbocycles. The molecular weight excluding hydrogens is 242 g/mol. The third-order valence-electron chi connectivity index (χ3n) is 4.29. The van der Waals surface area contributed by atoms with Gasteiger partial charge in [0.2, 0.25) is 0 Å². The number of nitrogens with one attached hydrogen (secondary N) is 1. The Bertz CT molecular complexity index is 468. The Morgan fingerprint density at radius 3 is 2.68 bits per heavy atom. The van der Waals surface area contributed by atoms with Gasteiger partial charge in [-0.1, -0.05) is 6.92 Å². The molecule has 1 N–H and O–H groups in total. The maximum absolute atomic E-state index is 11.9. The predicted octanol–water partition coefficient (Wildman–Crippen LogP) is 2.27. The maximum Gasteiger partial charge on any atom is 0.311 e. The zero-order chi connectivity index (χ0) is 13.4. The van der Waals surface area contributed by atoms with Gasteiger partial charge in [0, 0.05) is 24.9 Å². The van der Waals surface area contributed by atoms with Crippen LogP contribution in [0.25, 0.3) is 0 Å². The van der Waals surface area contributed by atoms with Crippen molar-refractivity contribution in [1.29, 1.82) is 0 Å². The number of hydrogen-bond donors (Lipinski definition) is 1. The molecule has 1 saturated heterocycles. The summed E-state index contributed by atoms with van der Waals surface area (Å²) in [6.45, 7) is 5.99. The SMILES string of the molecule is CCOC(=O)C1CNCC1c1ccc(C2CC2C)o1. The van der Waals surface area contributed by atoms with E-state index in [0.29, 0.717) is 19.1 Å². The Morgan fingerprint density at radius 2 is 2.05 bits per heavy atom. The number of esters is 1. The van der Waals surface area contributed by atoms with Crippen molar-refractivity contribution in [3.8, 4) is 0 Å². The van der Waals surface area contributed by atoms with Gasteiger partial charge in [-0.25, -0.2) is 0 Å². The van der Waals surface area contributed by atoms with Gasteiger partial charge >= 0.3 is 5.97 Å². The highest BCUT2D eigenvalue weighted by molar-refractivity contribution is 5.74. The van der Waals surface area contributed by atoms with Crippen molar-refractivity contribution in [3.63, 3.8) is 0 Å². The van der Waals surface area contributed by atoms with Crippen LogP contribution >= 0.6 is 0 Å². The van der Waals surface area contributed by atoms with Crippen molar-refractivity contribution >= 4 is 5.97 Å². The Kier molecular flexibility index (Phi) is 3.35. The monoisotopic (exact) mass is 263 g/mol. The lowest BCUT2D eigenvalue weighted by Crippen LogP contribution is -2.23. The normalized spacial score (nSPS) is 33.4. The summed E-state index contributed by atoms with van der Waals surface area (Å²) < 4.78 is 11.1. The van der Waals surface area contributed by atoms with Crippen LogP contribution in [0.1, 0.15) is 43.6 Å². The van der Waals surface area contributed by atoms with Crippen molar-refractivity contribution in [3.05, 3.63) is 23.7 Å². The minimum atomic E-state index is -0.116. The molecule has 2 fully saturated rings. The van der Waals surface area contributed by atoms with Gasteiger partial charge in [-0.3, -0.25) is 4.79 Å². The third kappa shape index (κ3) is 2.41. The van der Waals surface area contributed by atoms with Crippen molar-refractivity contribution in [2.24, 2.45) is 11.8 Å². The molecule has 0 bridgehead atoms. The summed E-state index contributed by atoms with van der Waals surface area (Å²) in [5.41, 5.74) is 0. The summed E-state index contributed by atoms with van der Waals surface area (Å²) in [7, 11) is 0. The van der Waals surface area contributed by atoms with Gasteiger partial charge in [0.1, 0.15) is 11.5 Å². The Labute approximate surface area is 113 Å². The van der Waals surface area contributed by atoms with E-state index in [-0.39, 0.29) is 17.8 Å². The van der Waals surface area contributed by atoms with Crippen molar-refractivity contribution in [1.82, 2.24) is 5.32 Å². The number of hydrogen-bond acceptors (Lipinski definition) is 4. The largest absolute Gasteiger partial charge is 0.466 e. The van der Waals surface area contributed by atoms with Crippen molar-refractivity contribution in [2.45, 2.75) is 32.1 Å². The van der Waals surface area contributed by atoms with E-state index in [9.17, 15) is 4.79 Å². The predicted molar refractivity (Wildman–Crippen MR) is 71.0 cm³/mol. The van der Waals surface area contributed by atoms with Crippen LogP contribution in [0.4, 0.5) is 0 Å². The first-order chi connectivity index (χ1) is 9.20. The Hall–Kier alpha value is -1.29. The summed E-state index contributed by atoms with van der Waals surface area (Å²) >= 11 is 0. The summed E-state index contributed by atoms with van der Waals surface area (Å²) in [4.78, 5) is 11.9. The summed E-state index contributed by atoms with van der Waals surface area (Å²) in [5.74, 6) is 3.22.